The van der Waals surface area contributed by atoms with Crippen LogP contribution in [0, 0.1) is 27.7 Å². The van der Waals surface area contributed by atoms with Gasteiger partial charge in [-0.05, 0) is 84.3 Å². The van der Waals surface area contributed by atoms with Gasteiger partial charge in [-0.25, -0.2) is 0 Å². The van der Waals surface area contributed by atoms with Gasteiger partial charge in [0.05, 0.1) is 0 Å². The molecule has 5 aromatic rings. The lowest BCUT2D eigenvalue weighted by Crippen LogP contribution is -1.95. The molecule has 0 fully saturated rings. The smallest absolute Gasteiger partial charge is 0.0471 e. The van der Waals surface area contributed by atoms with Crippen LogP contribution in [0.1, 0.15) is 22.3 Å². The molecule has 1 heterocycles. The monoisotopic (exact) mass is 375 g/mol. The van der Waals surface area contributed by atoms with Crippen LogP contribution in [0.5, 0.6) is 0 Å². The third-order valence-electron chi connectivity index (χ3n) is 6.24. The maximum atomic E-state index is 3.60. The van der Waals surface area contributed by atoms with Crippen molar-refractivity contribution in [2.75, 3.05) is 0 Å². The second-order valence-electron chi connectivity index (χ2n) is 8.10. The molecule has 0 spiro atoms. The summed E-state index contributed by atoms with van der Waals surface area (Å²) < 4.78 is 0. The Hall–Kier alpha value is -3.32. The maximum absolute atomic E-state index is 3.60. The Morgan fingerprint density at radius 1 is 0.517 bits per heavy atom. The zero-order chi connectivity index (χ0) is 20.1. The van der Waals surface area contributed by atoms with Crippen molar-refractivity contribution in [3.8, 4) is 22.3 Å². The van der Waals surface area contributed by atoms with Gasteiger partial charge in [0, 0.05) is 21.8 Å². The third kappa shape index (κ3) is 2.69. The van der Waals surface area contributed by atoms with Gasteiger partial charge >= 0.3 is 0 Å². The van der Waals surface area contributed by atoms with Gasteiger partial charge < -0.3 is 4.98 Å². The molecule has 0 amide bonds. The van der Waals surface area contributed by atoms with Crippen LogP contribution in [0.3, 0.4) is 0 Å². The first kappa shape index (κ1) is 17.8. The number of hydrogen-bond acceptors (Lipinski definition) is 0. The normalized spacial score (nSPS) is 11.4. The Kier molecular flexibility index (Phi) is 4.06. The van der Waals surface area contributed by atoms with Crippen LogP contribution in [0.2, 0.25) is 0 Å². The minimum absolute atomic E-state index is 1.19. The van der Waals surface area contributed by atoms with Gasteiger partial charge in [0.2, 0.25) is 0 Å². The second-order valence-corrected chi connectivity index (χ2v) is 8.10. The van der Waals surface area contributed by atoms with E-state index in [1.165, 1.54) is 66.3 Å². The second kappa shape index (κ2) is 6.63. The van der Waals surface area contributed by atoms with Crippen molar-refractivity contribution in [1.29, 1.82) is 0 Å². The standard InChI is InChI=1S/C28H25N/c1-17-9-5-6-10-21(17)26-18(2)13-15-22(20(26)4)27-19(3)14-16-25-28(27)23-11-7-8-12-24(23)29-25/h5-16,29H,1-4H3. The number of hydrogen-bond donors (Lipinski definition) is 1. The Balaban J connectivity index is 1.89. The maximum Gasteiger partial charge on any atom is 0.0471 e. The molecule has 1 N–H and O–H groups in total. The Bertz CT molecular complexity index is 1380. The molecule has 0 aliphatic rings. The molecule has 0 saturated carbocycles. The third-order valence-corrected chi connectivity index (χ3v) is 6.24. The number of para-hydroxylation sites is 1. The van der Waals surface area contributed by atoms with Crippen LogP contribution in [-0.2, 0) is 0 Å². The number of H-pyrrole nitrogens is 1. The zero-order valence-electron chi connectivity index (χ0n) is 17.4. The van der Waals surface area contributed by atoms with Crippen LogP contribution in [0.15, 0.2) is 72.8 Å². The van der Waals surface area contributed by atoms with E-state index >= 15 is 0 Å². The molecule has 0 radical (unpaired) electrons. The number of nitrogens with one attached hydrogen (secondary N) is 1. The number of fused-ring (bicyclic) bond motifs is 3. The molecule has 142 valence electrons. The van der Waals surface area contributed by atoms with Crippen molar-refractivity contribution >= 4 is 21.8 Å². The van der Waals surface area contributed by atoms with Gasteiger partial charge in [-0.3, -0.25) is 0 Å². The van der Waals surface area contributed by atoms with E-state index < -0.39 is 0 Å². The molecule has 0 unspecified atom stereocenters. The first-order chi connectivity index (χ1) is 14.1. The lowest BCUT2D eigenvalue weighted by atomic mass is 9.85. The number of aryl methyl sites for hydroxylation is 3. The first-order valence-corrected chi connectivity index (χ1v) is 10.2. The molecule has 1 heteroatoms. The van der Waals surface area contributed by atoms with Crippen LogP contribution in [-0.4, -0.2) is 4.98 Å². The van der Waals surface area contributed by atoms with Crippen molar-refractivity contribution in [2.45, 2.75) is 27.7 Å². The van der Waals surface area contributed by atoms with Gasteiger partial charge in [-0.2, -0.15) is 0 Å². The molecule has 1 aromatic heterocycles. The van der Waals surface area contributed by atoms with Crippen LogP contribution in [0.25, 0.3) is 44.1 Å². The molecule has 1 nitrogen and oxygen atoms in total. The topological polar surface area (TPSA) is 15.8 Å². The molecule has 0 atom stereocenters. The fraction of sp³-hybridized carbons (Fsp3) is 0.143. The SMILES string of the molecule is Cc1ccccc1-c1c(C)ccc(-c2c(C)ccc3[nH]c4ccccc4c23)c1C. The number of aromatic amines is 1. The minimum atomic E-state index is 1.19. The minimum Gasteiger partial charge on any atom is -0.354 e. The molecule has 0 bridgehead atoms. The van der Waals surface area contributed by atoms with Crippen LogP contribution in [0.4, 0.5) is 0 Å². The lowest BCUT2D eigenvalue weighted by Gasteiger charge is -2.18. The molecule has 4 aromatic carbocycles. The van der Waals surface area contributed by atoms with E-state index in [9.17, 15) is 0 Å². The average molecular weight is 376 g/mol. The highest BCUT2D eigenvalue weighted by molar-refractivity contribution is 6.15. The van der Waals surface area contributed by atoms with Crippen molar-refractivity contribution < 1.29 is 0 Å². The summed E-state index contributed by atoms with van der Waals surface area (Å²) in [6.07, 6.45) is 0. The van der Waals surface area contributed by atoms with Gasteiger partial charge in [-0.15, -0.1) is 0 Å². The van der Waals surface area contributed by atoms with E-state index in [1.54, 1.807) is 0 Å². The predicted octanol–water partition coefficient (Wildman–Crippen LogP) is 7.89. The van der Waals surface area contributed by atoms with Gasteiger partial charge in [0.15, 0.2) is 0 Å². The summed E-state index contributed by atoms with van der Waals surface area (Å²) in [5.74, 6) is 0. The fourth-order valence-corrected chi connectivity index (χ4v) is 4.78. The number of aromatic nitrogens is 1. The van der Waals surface area contributed by atoms with E-state index in [0.29, 0.717) is 0 Å². The first-order valence-electron chi connectivity index (χ1n) is 10.2. The van der Waals surface area contributed by atoms with Crippen molar-refractivity contribution in [2.24, 2.45) is 0 Å². The van der Waals surface area contributed by atoms with Gasteiger partial charge in [0.1, 0.15) is 0 Å². The summed E-state index contributed by atoms with van der Waals surface area (Å²) in [6, 6.07) is 26.3. The van der Waals surface area contributed by atoms with Gasteiger partial charge in [-0.1, -0.05) is 60.7 Å². The Morgan fingerprint density at radius 3 is 2.03 bits per heavy atom. The quantitative estimate of drug-likeness (QED) is 0.323. The lowest BCUT2D eigenvalue weighted by molar-refractivity contribution is 1.34. The fourth-order valence-electron chi connectivity index (χ4n) is 4.78. The van der Waals surface area contributed by atoms with E-state index in [2.05, 4.69) is 105 Å². The van der Waals surface area contributed by atoms with Crippen LogP contribution >= 0.6 is 0 Å². The summed E-state index contributed by atoms with van der Waals surface area (Å²) in [5, 5.41) is 2.61. The Labute approximate surface area is 172 Å². The molecular weight excluding hydrogens is 350 g/mol. The Morgan fingerprint density at radius 2 is 1.21 bits per heavy atom. The van der Waals surface area contributed by atoms with E-state index in [4.69, 9.17) is 0 Å². The molecule has 5 rings (SSSR count). The predicted molar refractivity (Wildman–Crippen MR) is 126 cm³/mol. The van der Waals surface area contributed by atoms with Crippen molar-refractivity contribution in [3.63, 3.8) is 0 Å². The molecular formula is C28H25N. The van der Waals surface area contributed by atoms with Gasteiger partial charge in [0.25, 0.3) is 0 Å². The van der Waals surface area contributed by atoms with E-state index in [-0.39, 0.29) is 0 Å². The zero-order valence-corrected chi connectivity index (χ0v) is 17.4. The van der Waals surface area contributed by atoms with E-state index in [0.717, 1.165) is 0 Å². The molecule has 0 saturated heterocycles. The van der Waals surface area contributed by atoms with Crippen LogP contribution < -0.4 is 0 Å². The highest BCUT2D eigenvalue weighted by Gasteiger charge is 2.18. The largest absolute Gasteiger partial charge is 0.354 e. The summed E-state index contributed by atoms with van der Waals surface area (Å²) in [7, 11) is 0. The summed E-state index contributed by atoms with van der Waals surface area (Å²) in [6.45, 7) is 8.92. The summed E-state index contributed by atoms with van der Waals surface area (Å²) >= 11 is 0. The molecule has 0 aliphatic heterocycles. The van der Waals surface area contributed by atoms with Crippen molar-refractivity contribution in [1.82, 2.24) is 4.98 Å². The number of rotatable bonds is 2. The van der Waals surface area contributed by atoms with E-state index in [1.807, 2.05) is 0 Å². The highest BCUT2D eigenvalue weighted by Crippen LogP contribution is 2.41. The average Bonchev–Trinajstić information content (AvgIpc) is 3.09. The van der Waals surface area contributed by atoms with Crippen molar-refractivity contribution in [3.05, 3.63) is 95.1 Å². The summed E-state index contributed by atoms with van der Waals surface area (Å²) in [5.41, 5.74) is 13.0. The molecule has 0 aliphatic carbocycles. The highest BCUT2D eigenvalue weighted by atomic mass is 14.7. The summed E-state index contributed by atoms with van der Waals surface area (Å²) in [4.78, 5) is 3.60. The molecule has 29 heavy (non-hydrogen) atoms. The number of benzene rings is 4.